The molecule has 2 N–H and O–H groups in total. The van der Waals surface area contributed by atoms with Crippen LogP contribution in [0, 0.1) is 13.8 Å². The molecule has 6 nitrogen and oxygen atoms in total. The molecule has 1 fully saturated rings. The number of pyridine rings is 2. The Morgan fingerprint density at radius 3 is 2.76 bits per heavy atom. The Labute approximate surface area is 220 Å². The lowest BCUT2D eigenvalue weighted by Crippen LogP contribution is -2.18. The lowest BCUT2D eigenvalue weighted by molar-refractivity contribution is 0.331. The monoisotopic (exact) mass is 506 g/mol. The highest BCUT2D eigenvalue weighted by molar-refractivity contribution is 7.13. The van der Waals surface area contributed by atoms with Gasteiger partial charge in [-0.15, -0.1) is 11.3 Å². The Morgan fingerprint density at radius 2 is 1.97 bits per heavy atom. The van der Waals surface area contributed by atoms with E-state index in [0.29, 0.717) is 0 Å². The van der Waals surface area contributed by atoms with E-state index >= 15 is 0 Å². The average molecular weight is 507 g/mol. The molecule has 0 aliphatic carbocycles. The van der Waals surface area contributed by atoms with Crippen molar-refractivity contribution in [3.63, 3.8) is 0 Å². The van der Waals surface area contributed by atoms with Crippen molar-refractivity contribution in [1.29, 1.82) is 0 Å². The molecular weight excluding hydrogens is 476 g/mol. The highest BCUT2D eigenvalue weighted by Crippen LogP contribution is 2.35. The van der Waals surface area contributed by atoms with Gasteiger partial charge >= 0.3 is 0 Å². The fourth-order valence-corrected chi connectivity index (χ4v) is 6.03. The van der Waals surface area contributed by atoms with Crippen molar-refractivity contribution in [2.75, 3.05) is 13.1 Å². The van der Waals surface area contributed by atoms with E-state index < -0.39 is 0 Å². The highest BCUT2D eigenvalue weighted by atomic mass is 32.1. The van der Waals surface area contributed by atoms with E-state index in [1.807, 2.05) is 24.5 Å². The number of nitrogens with one attached hydrogen (secondary N) is 2. The van der Waals surface area contributed by atoms with E-state index in [1.165, 1.54) is 41.2 Å². The van der Waals surface area contributed by atoms with Crippen molar-refractivity contribution in [2.45, 2.75) is 33.2 Å². The van der Waals surface area contributed by atoms with Crippen molar-refractivity contribution < 1.29 is 0 Å². The molecule has 7 heteroatoms. The number of fused-ring (bicyclic) bond motifs is 1. The molecule has 1 aliphatic rings. The zero-order valence-corrected chi connectivity index (χ0v) is 22.0. The van der Waals surface area contributed by atoms with Crippen LogP contribution >= 0.6 is 11.3 Å². The maximum Gasteiger partial charge on any atom is 0.135 e. The van der Waals surface area contributed by atoms with Gasteiger partial charge in [0.05, 0.1) is 16.9 Å². The van der Waals surface area contributed by atoms with Gasteiger partial charge in [-0.1, -0.05) is 18.7 Å². The molecule has 5 aromatic heterocycles. The number of hydrogen-bond acceptors (Lipinski definition) is 5. The largest absolute Gasteiger partial charge is 0.357 e. The summed E-state index contributed by atoms with van der Waals surface area (Å²) in [5.74, 6) is 0. The molecule has 0 bridgehead atoms. The van der Waals surface area contributed by atoms with Gasteiger partial charge in [0.2, 0.25) is 0 Å². The molecule has 0 atom stereocenters. The molecule has 1 aliphatic heterocycles. The second-order valence-corrected chi connectivity index (χ2v) is 11.0. The first-order valence-corrected chi connectivity index (χ1v) is 13.5. The van der Waals surface area contributed by atoms with Crippen LogP contribution in [0.3, 0.4) is 0 Å². The molecule has 1 saturated heterocycles. The molecule has 37 heavy (non-hydrogen) atoms. The molecule has 6 rings (SSSR count). The van der Waals surface area contributed by atoms with Crippen molar-refractivity contribution in [3.8, 4) is 22.6 Å². The Hall–Kier alpha value is -3.81. The minimum absolute atomic E-state index is 0.813. The number of aromatic nitrogens is 5. The molecular formula is C30H30N6S. The number of thiophene rings is 1. The summed E-state index contributed by atoms with van der Waals surface area (Å²) in [5.41, 5.74) is 10.0. The van der Waals surface area contributed by atoms with Crippen LogP contribution in [0.1, 0.15) is 39.4 Å². The Kier molecular flexibility index (Phi) is 6.32. The van der Waals surface area contributed by atoms with Gasteiger partial charge in [0.15, 0.2) is 0 Å². The SMILES string of the molecule is C=C/C=C(/c1ccc(C)s1)c1cc(-c2n[nH]c3ccc(-c4cncc(CN5CCCC5)c4)nc23)[nH]c1C. The van der Waals surface area contributed by atoms with Crippen LogP contribution in [-0.4, -0.2) is 43.1 Å². The number of hydrogen-bond donors (Lipinski definition) is 2. The van der Waals surface area contributed by atoms with Crippen LogP contribution in [0.4, 0.5) is 0 Å². The Bertz CT molecular complexity index is 1610. The van der Waals surface area contributed by atoms with E-state index in [2.05, 4.69) is 81.9 Å². The molecule has 5 aromatic rings. The summed E-state index contributed by atoms with van der Waals surface area (Å²) in [5, 5.41) is 7.80. The minimum atomic E-state index is 0.813. The number of nitrogens with zero attached hydrogens (tertiary/aromatic N) is 4. The molecule has 0 unspecified atom stereocenters. The third-order valence-electron chi connectivity index (χ3n) is 6.95. The van der Waals surface area contributed by atoms with Crippen molar-refractivity contribution in [1.82, 2.24) is 30.0 Å². The number of rotatable bonds is 7. The van der Waals surface area contributed by atoms with Crippen molar-refractivity contribution >= 4 is 27.9 Å². The number of H-pyrrole nitrogens is 2. The van der Waals surface area contributed by atoms with Gasteiger partial charge in [-0.2, -0.15) is 5.10 Å². The zero-order valence-electron chi connectivity index (χ0n) is 21.2. The van der Waals surface area contributed by atoms with Crippen LogP contribution < -0.4 is 0 Å². The summed E-state index contributed by atoms with van der Waals surface area (Å²) in [4.78, 5) is 18.1. The number of likely N-dealkylation sites (tertiary alicyclic amines) is 1. The third kappa shape index (κ3) is 4.68. The maximum absolute atomic E-state index is 5.04. The van der Waals surface area contributed by atoms with Gasteiger partial charge in [0, 0.05) is 51.1 Å². The van der Waals surface area contributed by atoms with Crippen LogP contribution in [0.2, 0.25) is 0 Å². The maximum atomic E-state index is 5.04. The first-order valence-electron chi connectivity index (χ1n) is 12.7. The van der Waals surface area contributed by atoms with E-state index in [4.69, 9.17) is 4.98 Å². The van der Waals surface area contributed by atoms with E-state index in [0.717, 1.165) is 57.1 Å². The standard InChI is InChI=1S/C30H30N6S/c1-4-7-23(28-11-8-19(2)37-28)24-15-27(32-20(24)3)30-29-26(34-35-30)10-9-25(33-29)22-14-21(16-31-17-22)18-36-12-5-6-13-36/h4,7-11,14-17,32H,1,5-6,12-13,18H2,2-3H3,(H,34,35)/b23-7+. The Balaban J connectivity index is 1.36. The molecule has 0 aromatic carbocycles. The Morgan fingerprint density at radius 1 is 1.11 bits per heavy atom. The van der Waals surface area contributed by atoms with Gasteiger partial charge in [-0.3, -0.25) is 15.0 Å². The van der Waals surface area contributed by atoms with Crippen molar-refractivity contribution in [2.24, 2.45) is 0 Å². The van der Waals surface area contributed by atoms with Gasteiger partial charge in [-0.05, 0) is 81.7 Å². The van der Waals surface area contributed by atoms with Crippen LogP contribution in [0.15, 0.2) is 67.5 Å². The fraction of sp³-hybridized carbons (Fsp3) is 0.233. The normalized spacial score (nSPS) is 14.6. The van der Waals surface area contributed by atoms with E-state index in [1.54, 1.807) is 11.3 Å². The van der Waals surface area contributed by atoms with Crippen LogP contribution in [0.25, 0.3) is 39.3 Å². The summed E-state index contributed by atoms with van der Waals surface area (Å²) in [6.45, 7) is 11.4. The summed E-state index contributed by atoms with van der Waals surface area (Å²) in [7, 11) is 0. The van der Waals surface area contributed by atoms with Crippen LogP contribution in [-0.2, 0) is 6.54 Å². The summed E-state index contributed by atoms with van der Waals surface area (Å²) in [6, 6.07) is 12.8. The van der Waals surface area contributed by atoms with Crippen molar-refractivity contribution in [3.05, 3.63) is 94.1 Å². The van der Waals surface area contributed by atoms with Gasteiger partial charge in [0.1, 0.15) is 11.2 Å². The smallest absolute Gasteiger partial charge is 0.135 e. The third-order valence-corrected chi connectivity index (χ3v) is 7.99. The lowest BCUT2D eigenvalue weighted by atomic mass is 10.0. The van der Waals surface area contributed by atoms with E-state index in [9.17, 15) is 0 Å². The number of aryl methyl sites for hydroxylation is 2. The summed E-state index contributed by atoms with van der Waals surface area (Å²) in [6.07, 6.45) is 10.4. The first kappa shape index (κ1) is 23.6. The average Bonchev–Trinajstić information content (AvgIpc) is 3.70. The number of aromatic amines is 2. The molecule has 0 radical (unpaired) electrons. The molecule has 0 amide bonds. The van der Waals surface area contributed by atoms with Crippen LogP contribution in [0.5, 0.6) is 0 Å². The molecule has 6 heterocycles. The first-order chi connectivity index (χ1) is 18.1. The lowest BCUT2D eigenvalue weighted by Gasteiger charge is -2.14. The predicted octanol–water partition coefficient (Wildman–Crippen LogP) is 6.91. The zero-order chi connectivity index (χ0) is 25.4. The van der Waals surface area contributed by atoms with E-state index in [-0.39, 0.29) is 0 Å². The second-order valence-electron chi connectivity index (χ2n) is 9.68. The number of allylic oxidation sites excluding steroid dienone is 2. The van der Waals surface area contributed by atoms with Gasteiger partial charge < -0.3 is 4.98 Å². The predicted molar refractivity (Wildman–Crippen MR) is 152 cm³/mol. The highest BCUT2D eigenvalue weighted by Gasteiger charge is 2.18. The quantitative estimate of drug-likeness (QED) is 0.235. The second kappa shape index (κ2) is 9.92. The molecule has 0 saturated carbocycles. The van der Waals surface area contributed by atoms with Gasteiger partial charge in [0.25, 0.3) is 0 Å². The summed E-state index contributed by atoms with van der Waals surface area (Å²) >= 11 is 1.79. The fourth-order valence-electron chi connectivity index (χ4n) is 5.13. The minimum Gasteiger partial charge on any atom is -0.357 e. The summed E-state index contributed by atoms with van der Waals surface area (Å²) < 4.78 is 0. The topological polar surface area (TPSA) is 73.5 Å². The molecule has 186 valence electrons. The molecule has 0 spiro atoms. The van der Waals surface area contributed by atoms with Gasteiger partial charge in [-0.25, -0.2) is 4.98 Å².